The number of rotatable bonds is 8. The molecule has 2 amide bonds. The van der Waals surface area contributed by atoms with Gasteiger partial charge in [0, 0.05) is 11.1 Å². The summed E-state index contributed by atoms with van der Waals surface area (Å²) in [5.74, 6) is -0.496. The third kappa shape index (κ3) is 6.50. The van der Waals surface area contributed by atoms with Crippen molar-refractivity contribution in [3.63, 3.8) is 0 Å². The standard InChI is InChI=1S/C30H25N3O5/c1-20-11-13-21(14-12-20)28(34)32-26-9-5-4-8-25(26)29(35)33-31-19-23-7-3-6-10-27(23)38-30(36)22-15-17-24(37-2)18-16-22/h3-19H,1-2H3,(H,32,34)(H,33,35)/b31-19-. The number of benzene rings is 4. The van der Waals surface area contributed by atoms with Gasteiger partial charge in [-0.3, -0.25) is 9.59 Å². The topological polar surface area (TPSA) is 106 Å². The molecule has 0 aliphatic carbocycles. The fraction of sp³-hybridized carbons (Fsp3) is 0.0667. The van der Waals surface area contributed by atoms with Crippen LogP contribution in [0, 0.1) is 6.92 Å². The fourth-order valence-electron chi connectivity index (χ4n) is 3.48. The minimum atomic E-state index is -0.546. The Balaban J connectivity index is 1.43. The smallest absolute Gasteiger partial charge is 0.343 e. The Hall–Kier alpha value is -5.24. The van der Waals surface area contributed by atoms with Gasteiger partial charge in [-0.25, -0.2) is 10.2 Å². The van der Waals surface area contributed by atoms with Gasteiger partial charge >= 0.3 is 5.97 Å². The van der Waals surface area contributed by atoms with Crippen LogP contribution in [0.4, 0.5) is 5.69 Å². The number of aryl methyl sites for hydroxylation is 1. The number of para-hydroxylation sites is 2. The van der Waals surface area contributed by atoms with Gasteiger partial charge in [0.05, 0.1) is 30.1 Å². The number of carbonyl (C=O) groups excluding carboxylic acids is 3. The summed E-state index contributed by atoms with van der Waals surface area (Å²) in [5.41, 5.74) is 5.40. The first-order valence-corrected chi connectivity index (χ1v) is 11.7. The first-order chi connectivity index (χ1) is 18.4. The molecule has 4 aromatic rings. The zero-order valence-electron chi connectivity index (χ0n) is 20.8. The molecule has 0 spiro atoms. The van der Waals surface area contributed by atoms with Crippen LogP contribution in [-0.2, 0) is 0 Å². The molecule has 0 aliphatic rings. The maximum Gasteiger partial charge on any atom is 0.343 e. The number of methoxy groups -OCH3 is 1. The minimum Gasteiger partial charge on any atom is -0.497 e. The van der Waals surface area contributed by atoms with Crippen LogP contribution in [0.5, 0.6) is 11.5 Å². The number of nitrogens with zero attached hydrogens (tertiary/aromatic N) is 1. The molecule has 0 atom stereocenters. The van der Waals surface area contributed by atoms with Gasteiger partial charge in [0.2, 0.25) is 0 Å². The molecule has 190 valence electrons. The molecule has 0 heterocycles. The van der Waals surface area contributed by atoms with Crippen LogP contribution in [0.3, 0.4) is 0 Å². The number of nitrogens with one attached hydrogen (secondary N) is 2. The monoisotopic (exact) mass is 507 g/mol. The van der Waals surface area contributed by atoms with Gasteiger partial charge in [-0.15, -0.1) is 0 Å². The molecule has 0 fully saturated rings. The highest BCUT2D eigenvalue weighted by molar-refractivity contribution is 6.09. The van der Waals surface area contributed by atoms with Crippen molar-refractivity contribution < 1.29 is 23.9 Å². The molecular weight excluding hydrogens is 482 g/mol. The van der Waals surface area contributed by atoms with E-state index in [1.807, 2.05) is 19.1 Å². The van der Waals surface area contributed by atoms with Crippen molar-refractivity contribution in [1.29, 1.82) is 0 Å². The predicted octanol–water partition coefficient (Wildman–Crippen LogP) is 5.24. The molecule has 38 heavy (non-hydrogen) atoms. The predicted molar refractivity (Wildman–Crippen MR) is 145 cm³/mol. The molecule has 4 rings (SSSR count). The van der Waals surface area contributed by atoms with Gasteiger partial charge in [-0.2, -0.15) is 5.10 Å². The Bertz CT molecular complexity index is 1480. The number of hydrogen-bond donors (Lipinski definition) is 2. The molecule has 2 N–H and O–H groups in total. The van der Waals surface area contributed by atoms with Crippen molar-refractivity contribution >= 4 is 29.7 Å². The second-order valence-corrected chi connectivity index (χ2v) is 8.22. The number of amides is 2. The maximum absolute atomic E-state index is 12.8. The normalized spacial score (nSPS) is 10.6. The molecule has 0 radical (unpaired) electrons. The van der Waals surface area contributed by atoms with Crippen molar-refractivity contribution in [1.82, 2.24) is 5.43 Å². The van der Waals surface area contributed by atoms with Gasteiger partial charge < -0.3 is 14.8 Å². The van der Waals surface area contributed by atoms with E-state index in [-0.39, 0.29) is 17.2 Å². The van der Waals surface area contributed by atoms with Gasteiger partial charge in [0.1, 0.15) is 11.5 Å². The third-order valence-corrected chi connectivity index (χ3v) is 5.55. The highest BCUT2D eigenvalue weighted by Crippen LogP contribution is 2.20. The molecule has 0 aromatic heterocycles. The third-order valence-electron chi connectivity index (χ3n) is 5.55. The second kappa shape index (κ2) is 12.1. The largest absolute Gasteiger partial charge is 0.497 e. The van der Waals surface area contributed by atoms with Gasteiger partial charge in [-0.1, -0.05) is 42.0 Å². The van der Waals surface area contributed by atoms with Crippen molar-refractivity contribution in [3.8, 4) is 11.5 Å². The molecule has 0 bridgehead atoms. The highest BCUT2D eigenvalue weighted by atomic mass is 16.5. The van der Waals surface area contributed by atoms with Gasteiger partial charge in [0.15, 0.2) is 0 Å². The number of esters is 1. The summed E-state index contributed by atoms with van der Waals surface area (Å²) < 4.78 is 10.6. The van der Waals surface area contributed by atoms with E-state index < -0.39 is 11.9 Å². The van der Waals surface area contributed by atoms with Crippen molar-refractivity contribution in [2.75, 3.05) is 12.4 Å². The summed E-state index contributed by atoms with van der Waals surface area (Å²) in [6.45, 7) is 1.94. The molecule has 0 unspecified atom stereocenters. The number of anilines is 1. The van der Waals surface area contributed by atoms with Crippen LogP contribution < -0.4 is 20.2 Å². The first kappa shape index (κ1) is 25.8. The second-order valence-electron chi connectivity index (χ2n) is 8.22. The van der Waals surface area contributed by atoms with E-state index in [0.717, 1.165) is 5.56 Å². The van der Waals surface area contributed by atoms with E-state index in [9.17, 15) is 14.4 Å². The number of ether oxygens (including phenoxy) is 2. The van der Waals surface area contributed by atoms with Crippen molar-refractivity contribution in [3.05, 3.63) is 125 Å². The lowest BCUT2D eigenvalue weighted by molar-refractivity contribution is 0.0733. The summed E-state index contributed by atoms with van der Waals surface area (Å²) in [5, 5.41) is 6.80. The van der Waals surface area contributed by atoms with Crippen LogP contribution in [0.25, 0.3) is 0 Å². The Morgan fingerprint density at radius 2 is 1.42 bits per heavy atom. The molecule has 0 saturated heterocycles. The van der Waals surface area contributed by atoms with E-state index in [0.29, 0.717) is 28.1 Å². The van der Waals surface area contributed by atoms with Gasteiger partial charge in [-0.05, 0) is 67.6 Å². The van der Waals surface area contributed by atoms with Crippen LogP contribution in [-0.4, -0.2) is 31.1 Å². The lowest BCUT2D eigenvalue weighted by atomic mass is 10.1. The first-order valence-electron chi connectivity index (χ1n) is 11.7. The summed E-state index contributed by atoms with van der Waals surface area (Å²) in [6.07, 6.45) is 1.38. The number of hydrazone groups is 1. The number of carbonyl (C=O) groups is 3. The molecular formula is C30H25N3O5. The van der Waals surface area contributed by atoms with E-state index in [1.54, 1.807) is 92.0 Å². The van der Waals surface area contributed by atoms with Crippen molar-refractivity contribution in [2.24, 2.45) is 5.10 Å². The van der Waals surface area contributed by atoms with Crippen LogP contribution in [0.2, 0.25) is 0 Å². The number of hydrogen-bond acceptors (Lipinski definition) is 6. The maximum atomic E-state index is 12.8. The van der Waals surface area contributed by atoms with E-state index in [1.165, 1.54) is 6.21 Å². The quantitative estimate of drug-likeness (QED) is 0.147. The minimum absolute atomic E-state index is 0.240. The molecule has 8 nitrogen and oxygen atoms in total. The SMILES string of the molecule is COc1ccc(C(=O)Oc2ccccc2/C=N\NC(=O)c2ccccc2NC(=O)c2ccc(C)cc2)cc1. The van der Waals surface area contributed by atoms with E-state index in [2.05, 4.69) is 15.8 Å². The summed E-state index contributed by atoms with van der Waals surface area (Å²) in [7, 11) is 1.54. The van der Waals surface area contributed by atoms with E-state index >= 15 is 0 Å². The Morgan fingerprint density at radius 1 is 0.763 bits per heavy atom. The zero-order valence-corrected chi connectivity index (χ0v) is 20.8. The Labute approximate surface area is 219 Å². The zero-order chi connectivity index (χ0) is 26.9. The van der Waals surface area contributed by atoms with Crippen LogP contribution in [0.15, 0.2) is 102 Å². The highest BCUT2D eigenvalue weighted by Gasteiger charge is 2.14. The molecule has 0 aliphatic heterocycles. The lowest BCUT2D eigenvalue weighted by Crippen LogP contribution is -2.21. The summed E-state index contributed by atoms with van der Waals surface area (Å²) in [4.78, 5) is 38.1. The molecule has 4 aromatic carbocycles. The van der Waals surface area contributed by atoms with Crippen LogP contribution in [0.1, 0.15) is 42.2 Å². The fourth-order valence-corrected chi connectivity index (χ4v) is 3.48. The summed E-state index contributed by atoms with van der Waals surface area (Å²) in [6, 6.07) is 27.1. The van der Waals surface area contributed by atoms with Gasteiger partial charge in [0.25, 0.3) is 11.8 Å². The average molecular weight is 508 g/mol. The summed E-state index contributed by atoms with van der Waals surface area (Å²) >= 11 is 0. The molecule has 8 heteroatoms. The van der Waals surface area contributed by atoms with E-state index in [4.69, 9.17) is 9.47 Å². The Morgan fingerprint density at radius 3 is 2.16 bits per heavy atom. The lowest BCUT2D eigenvalue weighted by Gasteiger charge is -2.10. The average Bonchev–Trinajstić information content (AvgIpc) is 2.94. The molecule has 0 saturated carbocycles. The van der Waals surface area contributed by atoms with Crippen molar-refractivity contribution in [2.45, 2.75) is 6.92 Å². The Kier molecular flexibility index (Phi) is 8.25. The van der Waals surface area contributed by atoms with Crippen LogP contribution >= 0.6 is 0 Å².